The van der Waals surface area contributed by atoms with Crippen LogP contribution in [0.1, 0.15) is 78.2 Å². The first-order valence-corrected chi connectivity index (χ1v) is 15.3. The third-order valence-electron chi connectivity index (χ3n) is 9.34. The fourth-order valence-corrected chi connectivity index (χ4v) is 6.04. The van der Waals surface area contributed by atoms with Gasteiger partial charge >= 0.3 is 0 Å². The highest BCUT2D eigenvalue weighted by molar-refractivity contribution is 6.30. The predicted octanol–water partition coefficient (Wildman–Crippen LogP) is 2.32. The lowest BCUT2D eigenvalue weighted by atomic mass is 9.76. The highest BCUT2D eigenvalue weighted by atomic mass is 16.3. The lowest BCUT2D eigenvalue weighted by Crippen LogP contribution is -2.46. The molecule has 0 saturated carbocycles. The first-order valence-electron chi connectivity index (χ1n) is 15.3. The van der Waals surface area contributed by atoms with Gasteiger partial charge in [-0.3, -0.25) is 19.2 Å². The summed E-state index contributed by atoms with van der Waals surface area (Å²) in [5.74, 6) is -7.57. The molecule has 1 aromatic carbocycles. The van der Waals surface area contributed by atoms with Crippen LogP contribution in [0.4, 0.5) is 0 Å². The fraction of sp³-hybridized carbons (Fsp3) is 0.486. The normalized spacial score (nSPS) is 35.0. The first kappa shape index (κ1) is 36.7. The summed E-state index contributed by atoms with van der Waals surface area (Å²) >= 11 is 0. The Labute approximate surface area is 268 Å². The number of aromatic hydroxyl groups is 1. The van der Waals surface area contributed by atoms with E-state index in [9.17, 15) is 49.8 Å². The van der Waals surface area contributed by atoms with E-state index in [2.05, 4.69) is 5.32 Å². The number of hydrogen-bond acceptors (Lipinski definition) is 10. The van der Waals surface area contributed by atoms with Crippen molar-refractivity contribution in [3.63, 3.8) is 0 Å². The topological polar surface area (TPSA) is 202 Å². The van der Waals surface area contributed by atoms with E-state index in [1.165, 1.54) is 45.9 Å². The molecule has 3 aliphatic rings. The quantitative estimate of drug-likeness (QED) is 0.239. The van der Waals surface area contributed by atoms with Gasteiger partial charge in [0.15, 0.2) is 11.6 Å². The second kappa shape index (κ2) is 14.8. The molecule has 9 atom stereocenters. The second-order valence-corrected chi connectivity index (χ2v) is 12.7. The number of nitrogens with one attached hydrogen (secondary N) is 1. The van der Waals surface area contributed by atoms with Gasteiger partial charge in [0.25, 0.3) is 5.91 Å². The number of aliphatic hydroxyl groups excluding tert-OH is 5. The van der Waals surface area contributed by atoms with Crippen LogP contribution in [-0.2, 0) is 4.79 Å². The molecular weight excluding hydrogens is 594 g/mol. The van der Waals surface area contributed by atoms with Gasteiger partial charge in [0.2, 0.25) is 5.78 Å². The lowest BCUT2D eigenvalue weighted by Gasteiger charge is -2.37. The Morgan fingerprint density at radius 3 is 1.91 bits per heavy atom. The van der Waals surface area contributed by atoms with Crippen LogP contribution in [0.3, 0.4) is 0 Å². The number of carbonyl (C=O) groups is 4. The molecule has 0 aromatic heterocycles. The molecule has 0 spiro atoms. The number of rotatable bonds is 1. The van der Waals surface area contributed by atoms with Crippen LogP contribution < -0.4 is 5.32 Å². The van der Waals surface area contributed by atoms with Crippen molar-refractivity contribution in [2.45, 2.75) is 72.9 Å². The van der Waals surface area contributed by atoms with Crippen molar-refractivity contribution in [2.24, 2.45) is 29.6 Å². The Kier molecular flexibility index (Phi) is 11.8. The number of hydrogen-bond donors (Lipinski definition) is 7. The minimum Gasteiger partial charge on any atom is -0.507 e. The Hall–Kier alpha value is -3.74. The Bertz CT molecular complexity index is 1520. The number of Topliss-reactive ketones (excluding diaryl/α,β-unsaturated/α-hetero) is 2. The maximum absolute atomic E-state index is 13.7. The molecule has 0 fully saturated rings. The van der Waals surface area contributed by atoms with Crippen molar-refractivity contribution in [1.29, 1.82) is 0 Å². The van der Waals surface area contributed by atoms with E-state index in [-0.39, 0.29) is 33.5 Å². The molecule has 0 unspecified atom stereocenters. The van der Waals surface area contributed by atoms with Crippen LogP contribution in [0, 0.1) is 36.5 Å². The zero-order chi connectivity index (χ0) is 34.8. The van der Waals surface area contributed by atoms with Crippen molar-refractivity contribution in [2.75, 3.05) is 6.61 Å². The van der Waals surface area contributed by atoms with Crippen LogP contribution in [0.5, 0.6) is 5.75 Å². The molecule has 46 heavy (non-hydrogen) atoms. The number of fused-ring (bicyclic) bond motifs is 15. The molecule has 7 N–H and O–H groups in total. The smallest absolute Gasteiger partial charge is 0.251 e. The second-order valence-electron chi connectivity index (χ2n) is 12.7. The zero-order valence-electron chi connectivity index (χ0n) is 27.2. The molecule has 0 radical (unpaired) electrons. The highest BCUT2D eigenvalue weighted by Gasteiger charge is 2.39. The molecule has 11 heteroatoms. The summed E-state index contributed by atoms with van der Waals surface area (Å²) in [6.45, 7) is 10.1. The Morgan fingerprint density at radius 2 is 1.33 bits per heavy atom. The minimum absolute atomic E-state index is 0.0586. The third kappa shape index (κ3) is 7.29. The maximum atomic E-state index is 13.7. The van der Waals surface area contributed by atoms with E-state index in [1.54, 1.807) is 32.9 Å². The minimum atomic E-state index is -1.39. The number of allylic oxidation sites excluding steroid dienone is 5. The number of carbonyl (C=O) groups excluding carboxylic acids is 4. The van der Waals surface area contributed by atoms with Crippen molar-refractivity contribution < 1.29 is 49.8 Å². The molecule has 250 valence electrons. The summed E-state index contributed by atoms with van der Waals surface area (Å²) in [5, 5.41) is 67.8. The van der Waals surface area contributed by atoms with E-state index in [0.717, 1.165) is 6.08 Å². The largest absolute Gasteiger partial charge is 0.507 e. The molecule has 11 nitrogen and oxygen atoms in total. The van der Waals surface area contributed by atoms with Crippen molar-refractivity contribution in [3.8, 4) is 5.75 Å². The van der Waals surface area contributed by atoms with Gasteiger partial charge in [-0.2, -0.15) is 0 Å². The summed E-state index contributed by atoms with van der Waals surface area (Å²) < 4.78 is 0. The van der Waals surface area contributed by atoms with E-state index < -0.39 is 95.2 Å². The summed E-state index contributed by atoms with van der Waals surface area (Å²) in [6, 6.07) is 1.26. The number of phenolic OH excluding ortho intramolecular Hbond substituents is 1. The van der Waals surface area contributed by atoms with Gasteiger partial charge in [0, 0.05) is 52.4 Å². The summed E-state index contributed by atoms with van der Waals surface area (Å²) in [6.07, 6.45) is 1.87. The first-order chi connectivity index (χ1) is 21.4. The Balaban J connectivity index is 2.19. The van der Waals surface area contributed by atoms with Crippen LogP contribution >= 0.6 is 0 Å². The lowest BCUT2D eigenvalue weighted by molar-refractivity contribution is -0.116. The van der Waals surface area contributed by atoms with Gasteiger partial charge in [-0.05, 0) is 38.0 Å². The molecule has 1 aliphatic carbocycles. The maximum Gasteiger partial charge on any atom is 0.251 e. The highest BCUT2D eigenvalue weighted by Crippen LogP contribution is 2.35. The van der Waals surface area contributed by atoms with Crippen LogP contribution in [0.25, 0.3) is 0 Å². The number of ketones is 3. The van der Waals surface area contributed by atoms with Gasteiger partial charge in [-0.25, -0.2) is 0 Å². The van der Waals surface area contributed by atoms with E-state index in [1.807, 2.05) is 0 Å². The van der Waals surface area contributed by atoms with E-state index in [4.69, 9.17) is 0 Å². The van der Waals surface area contributed by atoms with Crippen LogP contribution in [-0.4, -0.2) is 84.9 Å². The van der Waals surface area contributed by atoms with Gasteiger partial charge in [0.05, 0.1) is 42.3 Å². The fourth-order valence-electron chi connectivity index (χ4n) is 6.04. The monoisotopic (exact) mass is 639 g/mol. The Morgan fingerprint density at radius 1 is 0.761 bits per heavy atom. The summed E-state index contributed by atoms with van der Waals surface area (Å²) in [7, 11) is 0. The summed E-state index contributed by atoms with van der Waals surface area (Å²) in [4.78, 5) is 53.5. The molecule has 4 rings (SSSR count). The number of benzene rings is 1. The number of aryl methyl sites for hydroxylation is 1. The molecule has 4 bridgehead atoms. The molecular formula is C35H45NO10. The molecule has 2 heterocycles. The molecule has 1 aromatic rings. The van der Waals surface area contributed by atoms with Gasteiger partial charge < -0.3 is 36.0 Å². The summed E-state index contributed by atoms with van der Waals surface area (Å²) in [5.41, 5.74) is -1.02. The zero-order valence-corrected chi connectivity index (χ0v) is 27.2. The molecule has 1 amide bonds. The van der Waals surface area contributed by atoms with Gasteiger partial charge in [0.1, 0.15) is 5.75 Å². The predicted molar refractivity (Wildman–Crippen MR) is 170 cm³/mol. The molecule has 0 saturated heterocycles. The number of aliphatic hydroxyl groups is 5. The standard InChI is InChI=1S/C35H45NO10/c1-15-9-8-10-16(2)35(46)36-24-13-25(38)26-23(34(24)45)12-18(4)30(41)27(26)29(40)17(3)11-22(14-37)33(44)21(7)32(43)20(6)31(42)19(5)28(15)39/h8-13,15,19-22,28,31-33,37,39,41-44H,14H2,1-7H3,(H,36,46)/b9-8+,16-10-,17-11+/t15-,19+,20+,21-,22+,28-,31+,32-,33+/m0/s1. The average Bonchev–Trinajstić information content (AvgIpc) is 3.03. The molecule has 2 aliphatic heterocycles. The SMILES string of the molecule is C/C1=C/C=C/[C@H](C)[C@H](O)[C@@H](C)[C@@H](O)[C@@H](C)[C@H](O)[C@H](C)[C@@H](O)[C@@H](CO)/C=C(\C)C(=O)c2c(O)c(C)cc3c2C(=O)C=C(NC1=O)C3=O. The van der Waals surface area contributed by atoms with Crippen molar-refractivity contribution in [3.05, 3.63) is 75.5 Å². The van der Waals surface area contributed by atoms with Crippen LogP contribution in [0.15, 0.2) is 53.3 Å². The van der Waals surface area contributed by atoms with E-state index >= 15 is 0 Å². The van der Waals surface area contributed by atoms with Gasteiger partial charge in [-0.15, -0.1) is 0 Å². The van der Waals surface area contributed by atoms with Crippen molar-refractivity contribution in [1.82, 2.24) is 5.32 Å². The van der Waals surface area contributed by atoms with E-state index in [0.29, 0.717) is 0 Å². The van der Waals surface area contributed by atoms with Crippen LogP contribution in [0.2, 0.25) is 0 Å². The van der Waals surface area contributed by atoms with Crippen molar-refractivity contribution >= 4 is 23.3 Å². The number of amides is 1. The number of phenols is 1. The average molecular weight is 640 g/mol. The van der Waals surface area contributed by atoms with Gasteiger partial charge in [-0.1, -0.05) is 52.0 Å². The third-order valence-corrected chi connectivity index (χ3v) is 9.34.